The molecule has 0 N–H and O–H groups in total. The van der Waals surface area contributed by atoms with Gasteiger partial charge >= 0.3 is 253 Å². The van der Waals surface area contributed by atoms with Gasteiger partial charge in [0, 0.05) is 0 Å². The van der Waals surface area contributed by atoms with Crippen LogP contribution in [0.1, 0.15) is 41.0 Å². The van der Waals surface area contributed by atoms with E-state index in [0.717, 1.165) is 11.5 Å². The number of benzene rings is 4. The third-order valence-electron chi connectivity index (χ3n) is 8.24. The van der Waals surface area contributed by atoms with Gasteiger partial charge in [-0.05, 0) is 0 Å². The Labute approximate surface area is 275 Å². The molecule has 8 rings (SSSR count). The van der Waals surface area contributed by atoms with Crippen molar-refractivity contribution in [3.8, 4) is 22.3 Å². The maximum absolute atomic E-state index is 6.06. The first-order valence-corrected chi connectivity index (χ1v) is 16.8. The van der Waals surface area contributed by atoms with Gasteiger partial charge in [-0.1, -0.05) is 0 Å². The molecule has 2 unspecified atom stereocenters. The molecule has 0 fully saturated rings. The number of hydrogen-bond donors (Lipinski definition) is 0. The summed E-state index contributed by atoms with van der Waals surface area (Å²) in [6.07, 6.45) is 8.39. The molecule has 2 nitrogen and oxygen atoms in total. The van der Waals surface area contributed by atoms with E-state index in [2.05, 4.69) is 121 Å². The van der Waals surface area contributed by atoms with E-state index >= 15 is 0 Å². The van der Waals surface area contributed by atoms with Crippen molar-refractivity contribution < 1.29 is 56.9 Å². The number of fused-ring (bicyclic) bond motifs is 2. The van der Waals surface area contributed by atoms with Crippen LogP contribution in [0.15, 0.2) is 143 Å². The molecule has 4 aromatic carbocycles. The largest absolute Gasteiger partial charge is 1.00 e. The van der Waals surface area contributed by atoms with Gasteiger partial charge in [-0.25, -0.2) is 0 Å². The van der Waals surface area contributed by atoms with E-state index in [9.17, 15) is 0 Å². The minimum Gasteiger partial charge on any atom is -1.00 e. The number of rotatable bonds is 6. The van der Waals surface area contributed by atoms with Crippen molar-refractivity contribution in [2.45, 2.75) is 7.25 Å². The van der Waals surface area contributed by atoms with Crippen molar-refractivity contribution in [1.29, 1.82) is 0 Å². The maximum Gasteiger partial charge on any atom is -1.00 e. The van der Waals surface area contributed by atoms with Crippen LogP contribution in [0.5, 0.6) is 0 Å². The Morgan fingerprint density at radius 2 is 0.884 bits per heavy atom. The molecule has 0 bridgehead atoms. The zero-order chi connectivity index (χ0) is 27.2. The van der Waals surface area contributed by atoms with E-state index in [-0.39, 0.29) is 24.8 Å². The molecule has 0 aliphatic heterocycles. The quantitative estimate of drug-likeness (QED) is 0.265. The zero-order valence-corrected chi connectivity index (χ0v) is 27.1. The number of allylic oxidation sites excluding steroid dienone is 2. The second-order valence-electron chi connectivity index (χ2n) is 10.5. The smallest absolute Gasteiger partial charge is 1.00 e. The van der Waals surface area contributed by atoms with Gasteiger partial charge in [0.1, 0.15) is 0 Å². The minimum absolute atomic E-state index is 0. The average Bonchev–Trinajstić information content (AvgIpc) is 3.85. The number of furan rings is 2. The summed E-state index contributed by atoms with van der Waals surface area (Å²) in [6.45, 7) is 0. The van der Waals surface area contributed by atoms with Crippen molar-refractivity contribution in [2.24, 2.45) is 0 Å². The van der Waals surface area contributed by atoms with Gasteiger partial charge in [-0.3, -0.25) is 0 Å². The molecule has 0 spiro atoms. The fraction of sp³-hybridized carbons (Fsp3) is 0.0526. The molecule has 2 aromatic heterocycles. The molecule has 6 aromatic rings. The van der Waals surface area contributed by atoms with Crippen molar-refractivity contribution >= 4 is 23.3 Å². The van der Waals surface area contributed by atoms with E-state index in [1.54, 1.807) is 12.5 Å². The van der Waals surface area contributed by atoms with E-state index in [0.29, 0.717) is 7.25 Å². The molecule has 2 aliphatic rings. The summed E-state index contributed by atoms with van der Waals surface area (Å²) in [7, 11) is 0. The predicted molar refractivity (Wildman–Crippen MR) is 162 cm³/mol. The Balaban J connectivity index is 0.00000165. The number of hydrogen-bond acceptors (Lipinski definition) is 2. The third kappa shape index (κ3) is 5.25. The zero-order valence-electron chi connectivity index (χ0n) is 23.1. The molecular formula is C38H26Cl2O2Zr. The Morgan fingerprint density at radius 1 is 0.442 bits per heavy atom. The summed E-state index contributed by atoms with van der Waals surface area (Å²) in [4.78, 5) is 0. The van der Waals surface area contributed by atoms with Crippen LogP contribution in [0, 0.1) is 0 Å². The van der Waals surface area contributed by atoms with Crippen LogP contribution >= 0.6 is 0 Å². The molecule has 0 radical (unpaired) electrons. The first kappa shape index (κ1) is 29.5. The Morgan fingerprint density at radius 3 is 1.28 bits per heavy atom. The van der Waals surface area contributed by atoms with E-state index in [1.807, 2.05) is 12.1 Å². The Hall–Kier alpha value is -3.62. The molecule has 43 heavy (non-hydrogen) atoms. The Kier molecular flexibility index (Phi) is 8.60. The molecule has 0 saturated heterocycles. The monoisotopic (exact) mass is 674 g/mol. The predicted octanol–water partition coefficient (Wildman–Crippen LogP) is 4.19. The second kappa shape index (κ2) is 12.5. The molecule has 2 heterocycles. The van der Waals surface area contributed by atoms with E-state index in [1.165, 1.54) is 55.7 Å². The van der Waals surface area contributed by atoms with Crippen LogP contribution in [0.4, 0.5) is 0 Å². The van der Waals surface area contributed by atoms with Gasteiger partial charge < -0.3 is 24.8 Å². The average molecular weight is 677 g/mol. The van der Waals surface area contributed by atoms with Crippen LogP contribution in [0.25, 0.3) is 45.6 Å². The van der Waals surface area contributed by atoms with Crippen LogP contribution in [0.3, 0.4) is 0 Å². The van der Waals surface area contributed by atoms with Crippen molar-refractivity contribution in [3.05, 3.63) is 168 Å². The van der Waals surface area contributed by atoms with Gasteiger partial charge in [0.15, 0.2) is 0 Å². The van der Waals surface area contributed by atoms with E-state index in [4.69, 9.17) is 8.83 Å². The standard InChI is InChI=1S/2C19H13O.2ClH.Zr/c2*1-2-6-14(7-3-1)17-9-4-8-15-12-16(13-18(15)17)19-10-5-11-20-19;;;/h2*1-13H;2*1H;/q;;;;+2/p-2. The molecule has 2 aliphatic carbocycles. The Bertz CT molecular complexity index is 1770. The fourth-order valence-electron chi connectivity index (χ4n) is 6.38. The van der Waals surface area contributed by atoms with Gasteiger partial charge in [-0.2, -0.15) is 0 Å². The van der Waals surface area contributed by atoms with Crippen LogP contribution in [-0.4, -0.2) is 0 Å². The summed E-state index contributed by atoms with van der Waals surface area (Å²) >= 11 is -1.23. The molecule has 0 amide bonds. The van der Waals surface area contributed by atoms with Gasteiger partial charge in [0.2, 0.25) is 0 Å². The van der Waals surface area contributed by atoms with Crippen LogP contribution < -0.4 is 24.8 Å². The van der Waals surface area contributed by atoms with Gasteiger partial charge in [0.25, 0.3) is 0 Å². The first-order valence-electron chi connectivity index (χ1n) is 14.0. The molecule has 0 saturated carbocycles. The molecule has 208 valence electrons. The van der Waals surface area contributed by atoms with Gasteiger partial charge in [-0.15, -0.1) is 0 Å². The van der Waals surface area contributed by atoms with Gasteiger partial charge in [0.05, 0.1) is 0 Å². The van der Waals surface area contributed by atoms with Crippen molar-refractivity contribution in [2.75, 3.05) is 0 Å². The molecule has 5 heteroatoms. The van der Waals surface area contributed by atoms with Crippen LogP contribution in [-0.2, 0) is 23.2 Å². The maximum atomic E-state index is 6.06. The summed E-state index contributed by atoms with van der Waals surface area (Å²) in [6, 6.07) is 43.4. The number of halogens is 2. The SMILES string of the molecule is C1=C(c2ccco2)[CH]([Zr+2][CH]2C(c3ccco3)=Cc3c(-c4ccccc4)cccc32)c2cccc(-c3ccccc3)c21.[Cl-].[Cl-]. The molecular weight excluding hydrogens is 651 g/mol. The second-order valence-corrected chi connectivity index (χ2v) is 14.2. The van der Waals surface area contributed by atoms with Crippen molar-refractivity contribution in [3.63, 3.8) is 0 Å². The van der Waals surface area contributed by atoms with E-state index < -0.39 is 23.2 Å². The summed E-state index contributed by atoms with van der Waals surface area (Å²) < 4.78 is 12.8. The summed E-state index contributed by atoms with van der Waals surface area (Å²) in [5, 5.41) is 0. The topological polar surface area (TPSA) is 26.3 Å². The summed E-state index contributed by atoms with van der Waals surface area (Å²) in [5.74, 6) is 1.96. The van der Waals surface area contributed by atoms with Crippen molar-refractivity contribution in [1.82, 2.24) is 0 Å². The van der Waals surface area contributed by atoms with Crippen LogP contribution in [0.2, 0.25) is 0 Å². The first-order chi connectivity index (χ1) is 20.3. The normalized spacial score (nSPS) is 16.2. The fourth-order valence-corrected chi connectivity index (χ4v) is 11.3. The minimum atomic E-state index is -1.23. The molecule has 2 atom stereocenters. The summed E-state index contributed by atoms with van der Waals surface area (Å²) in [5.41, 5.74) is 13.2. The third-order valence-corrected chi connectivity index (χ3v) is 12.9.